The second kappa shape index (κ2) is 4.60. The van der Waals surface area contributed by atoms with Crippen molar-refractivity contribution in [1.82, 2.24) is 0 Å². The summed E-state index contributed by atoms with van der Waals surface area (Å²) in [6.07, 6.45) is 2.05. The van der Waals surface area contributed by atoms with Crippen molar-refractivity contribution >= 4 is 0 Å². The summed E-state index contributed by atoms with van der Waals surface area (Å²) in [7, 11) is 0. The summed E-state index contributed by atoms with van der Waals surface area (Å²) in [6, 6.07) is 10.5. The maximum absolute atomic E-state index is 5.46. The van der Waals surface area contributed by atoms with Gasteiger partial charge < -0.3 is 4.74 Å². The molecule has 0 atom stereocenters. The van der Waals surface area contributed by atoms with Crippen LogP contribution in [0.3, 0.4) is 0 Å². The molecule has 0 spiro atoms. The average molecular weight is 161 g/mol. The first-order chi connectivity index (χ1) is 5.83. The molecule has 0 saturated carbocycles. The van der Waals surface area contributed by atoms with E-state index in [1.807, 2.05) is 44.2 Å². The molecule has 0 N–H and O–H groups in total. The summed E-state index contributed by atoms with van der Waals surface area (Å²) in [5.74, 6) is 0.874. The Morgan fingerprint density at radius 3 is 3.08 bits per heavy atom. The van der Waals surface area contributed by atoms with E-state index in [2.05, 4.69) is 6.07 Å². The zero-order valence-corrected chi connectivity index (χ0v) is 7.50. The van der Waals surface area contributed by atoms with Crippen LogP contribution in [-0.2, 0) is 0 Å². The molecule has 0 aliphatic rings. The lowest BCUT2D eigenvalue weighted by molar-refractivity contribution is 0.352. The van der Waals surface area contributed by atoms with Crippen LogP contribution < -0.4 is 4.74 Å². The fourth-order valence-corrected chi connectivity index (χ4v) is 0.747. The quantitative estimate of drug-likeness (QED) is 0.619. The van der Waals surface area contributed by atoms with E-state index < -0.39 is 0 Å². The molecule has 12 heavy (non-hydrogen) atoms. The molecule has 0 aliphatic heterocycles. The van der Waals surface area contributed by atoms with Crippen LogP contribution >= 0.6 is 0 Å². The van der Waals surface area contributed by atoms with Crippen LogP contribution in [0.15, 0.2) is 35.9 Å². The SMILES string of the molecule is C/C=C(\C)COc1c[c]ccc1. The minimum Gasteiger partial charge on any atom is -0.489 e. The first kappa shape index (κ1) is 8.85. The third kappa shape index (κ3) is 2.79. The first-order valence-corrected chi connectivity index (χ1v) is 4.03. The summed E-state index contributed by atoms with van der Waals surface area (Å²) >= 11 is 0. The van der Waals surface area contributed by atoms with Gasteiger partial charge in [-0.2, -0.15) is 0 Å². The molecule has 0 aliphatic carbocycles. The van der Waals surface area contributed by atoms with Crippen molar-refractivity contribution in [3.05, 3.63) is 42.0 Å². The number of hydrogen-bond donors (Lipinski definition) is 0. The zero-order chi connectivity index (χ0) is 8.81. The standard InChI is InChI=1S/C11H13O/c1-3-10(2)9-12-11-7-5-4-6-8-11/h3-5,7-8H,9H2,1-2H3/b10-3+. The van der Waals surface area contributed by atoms with Crippen LogP contribution in [-0.4, -0.2) is 6.61 Å². The topological polar surface area (TPSA) is 9.23 Å². The highest BCUT2D eigenvalue weighted by Crippen LogP contribution is 2.08. The molecule has 0 aromatic heterocycles. The van der Waals surface area contributed by atoms with Crippen molar-refractivity contribution in [1.29, 1.82) is 0 Å². The van der Waals surface area contributed by atoms with Gasteiger partial charge in [-0.25, -0.2) is 0 Å². The predicted molar refractivity (Wildman–Crippen MR) is 50.2 cm³/mol. The molecule has 0 heterocycles. The van der Waals surface area contributed by atoms with E-state index in [1.54, 1.807) is 0 Å². The fourth-order valence-electron chi connectivity index (χ4n) is 0.747. The van der Waals surface area contributed by atoms with Gasteiger partial charge in [-0.05, 0) is 37.6 Å². The molecule has 1 rings (SSSR count). The number of allylic oxidation sites excluding steroid dienone is 1. The van der Waals surface area contributed by atoms with Crippen molar-refractivity contribution < 1.29 is 4.74 Å². The Kier molecular flexibility index (Phi) is 3.39. The molecular weight excluding hydrogens is 148 g/mol. The summed E-state index contributed by atoms with van der Waals surface area (Å²) in [6.45, 7) is 4.72. The van der Waals surface area contributed by atoms with Gasteiger partial charge in [0.25, 0.3) is 0 Å². The fraction of sp³-hybridized carbons (Fsp3) is 0.273. The predicted octanol–water partition coefficient (Wildman–Crippen LogP) is 2.83. The summed E-state index contributed by atoms with van der Waals surface area (Å²) in [4.78, 5) is 0. The molecule has 63 valence electrons. The maximum Gasteiger partial charge on any atom is 0.120 e. The number of ether oxygens (including phenoxy) is 1. The highest BCUT2D eigenvalue weighted by molar-refractivity contribution is 5.20. The van der Waals surface area contributed by atoms with Crippen molar-refractivity contribution in [2.75, 3.05) is 6.61 Å². The third-order valence-corrected chi connectivity index (χ3v) is 1.64. The Bertz CT molecular complexity index is 249. The van der Waals surface area contributed by atoms with Gasteiger partial charge in [-0.1, -0.05) is 18.2 Å². The second-order valence-corrected chi connectivity index (χ2v) is 2.66. The Morgan fingerprint density at radius 2 is 2.50 bits per heavy atom. The molecular formula is C11H13O. The van der Waals surface area contributed by atoms with E-state index in [1.165, 1.54) is 5.57 Å². The normalized spacial score (nSPS) is 11.3. The Morgan fingerprint density at radius 1 is 1.67 bits per heavy atom. The first-order valence-electron chi connectivity index (χ1n) is 4.03. The van der Waals surface area contributed by atoms with Crippen LogP contribution in [0.4, 0.5) is 0 Å². The van der Waals surface area contributed by atoms with E-state index in [-0.39, 0.29) is 0 Å². The molecule has 0 bridgehead atoms. The second-order valence-electron chi connectivity index (χ2n) is 2.66. The molecule has 1 nitrogen and oxygen atoms in total. The van der Waals surface area contributed by atoms with Crippen LogP contribution in [0.25, 0.3) is 0 Å². The molecule has 1 heteroatoms. The van der Waals surface area contributed by atoms with Gasteiger partial charge in [0, 0.05) is 0 Å². The minimum atomic E-state index is 0.661. The highest BCUT2D eigenvalue weighted by atomic mass is 16.5. The highest BCUT2D eigenvalue weighted by Gasteiger charge is 1.90. The Labute approximate surface area is 73.7 Å². The smallest absolute Gasteiger partial charge is 0.120 e. The van der Waals surface area contributed by atoms with E-state index in [0.717, 1.165) is 5.75 Å². The molecule has 0 unspecified atom stereocenters. The van der Waals surface area contributed by atoms with Crippen molar-refractivity contribution in [3.8, 4) is 5.75 Å². The minimum absolute atomic E-state index is 0.661. The van der Waals surface area contributed by atoms with Crippen LogP contribution in [0.2, 0.25) is 0 Å². The van der Waals surface area contributed by atoms with Crippen molar-refractivity contribution in [2.24, 2.45) is 0 Å². The third-order valence-electron chi connectivity index (χ3n) is 1.64. The van der Waals surface area contributed by atoms with E-state index in [0.29, 0.717) is 6.61 Å². The molecule has 0 fully saturated rings. The number of rotatable bonds is 3. The molecule has 1 radical (unpaired) electrons. The van der Waals surface area contributed by atoms with Gasteiger partial charge in [0.15, 0.2) is 0 Å². The largest absolute Gasteiger partial charge is 0.489 e. The van der Waals surface area contributed by atoms with E-state index >= 15 is 0 Å². The van der Waals surface area contributed by atoms with Gasteiger partial charge >= 0.3 is 0 Å². The Balaban J connectivity index is 2.44. The van der Waals surface area contributed by atoms with Crippen molar-refractivity contribution in [2.45, 2.75) is 13.8 Å². The van der Waals surface area contributed by atoms with Gasteiger partial charge in [0.05, 0.1) is 0 Å². The zero-order valence-electron chi connectivity index (χ0n) is 7.50. The lowest BCUT2D eigenvalue weighted by Gasteiger charge is -2.04. The van der Waals surface area contributed by atoms with Crippen molar-refractivity contribution in [3.63, 3.8) is 0 Å². The van der Waals surface area contributed by atoms with Gasteiger partial charge in [-0.15, -0.1) is 0 Å². The number of hydrogen-bond acceptors (Lipinski definition) is 1. The Hall–Kier alpha value is -1.24. The van der Waals surface area contributed by atoms with Crippen LogP contribution in [0, 0.1) is 6.07 Å². The maximum atomic E-state index is 5.46. The summed E-state index contributed by atoms with van der Waals surface area (Å²) < 4.78 is 5.46. The van der Waals surface area contributed by atoms with Crippen LogP contribution in [0.1, 0.15) is 13.8 Å². The summed E-state index contributed by atoms with van der Waals surface area (Å²) in [5, 5.41) is 0. The monoisotopic (exact) mass is 161 g/mol. The van der Waals surface area contributed by atoms with Gasteiger partial charge in [0.2, 0.25) is 0 Å². The van der Waals surface area contributed by atoms with Gasteiger partial charge in [-0.3, -0.25) is 0 Å². The molecule has 0 amide bonds. The molecule has 0 saturated heterocycles. The lowest BCUT2D eigenvalue weighted by atomic mass is 10.3. The summed E-state index contributed by atoms with van der Waals surface area (Å²) in [5.41, 5.74) is 1.24. The van der Waals surface area contributed by atoms with E-state index in [9.17, 15) is 0 Å². The lowest BCUT2D eigenvalue weighted by Crippen LogP contribution is -1.97. The van der Waals surface area contributed by atoms with Crippen LogP contribution in [0.5, 0.6) is 5.75 Å². The molecule has 1 aromatic carbocycles. The van der Waals surface area contributed by atoms with Gasteiger partial charge in [0.1, 0.15) is 12.4 Å². The number of benzene rings is 1. The average Bonchev–Trinajstić information content (AvgIpc) is 2.16. The molecule has 1 aromatic rings. The van der Waals surface area contributed by atoms with E-state index in [4.69, 9.17) is 4.74 Å².